The van der Waals surface area contributed by atoms with Crippen LogP contribution in [0.15, 0.2) is 0 Å². The smallest absolute Gasteiger partial charge is 0.0620 e. The Labute approximate surface area is 106 Å². The molecule has 2 saturated heterocycles. The van der Waals surface area contributed by atoms with Crippen molar-refractivity contribution in [3.05, 3.63) is 0 Å². The van der Waals surface area contributed by atoms with E-state index in [-0.39, 0.29) is 0 Å². The first-order valence-electron chi connectivity index (χ1n) is 7.22. The summed E-state index contributed by atoms with van der Waals surface area (Å²) in [4.78, 5) is 2.67. The van der Waals surface area contributed by atoms with Gasteiger partial charge in [0, 0.05) is 25.2 Å². The van der Waals surface area contributed by atoms with Crippen molar-refractivity contribution in [2.45, 2.75) is 45.7 Å². The number of hydrogen-bond donors (Lipinski definition) is 1. The molecule has 100 valence electrons. The third-order valence-electron chi connectivity index (χ3n) is 4.61. The predicted octanol–water partition coefficient (Wildman–Crippen LogP) is 1.73. The molecule has 0 radical (unpaired) electrons. The highest BCUT2D eigenvalue weighted by atomic mass is 16.5. The zero-order chi connectivity index (χ0) is 12.3. The topological polar surface area (TPSA) is 24.5 Å². The Bertz CT molecular complexity index is 228. The molecule has 17 heavy (non-hydrogen) atoms. The quantitative estimate of drug-likeness (QED) is 0.813. The van der Waals surface area contributed by atoms with Gasteiger partial charge in [-0.2, -0.15) is 0 Å². The summed E-state index contributed by atoms with van der Waals surface area (Å²) in [5.41, 5.74) is 0. The number of rotatable bonds is 3. The molecule has 3 nitrogen and oxygen atoms in total. The largest absolute Gasteiger partial charge is 0.379 e. The minimum absolute atomic E-state index is 0.563. The molecular weight excluding hydrogens is 212 g/mol. The van der Waals surface area contributed by atoms with Crippen molar-refractivity contribution in [3.8, 4) is 0 Å². The fourth-order valence-corrected chi connectivity index (χ4v) is 3.03. The number of nitrogens with zero attached hydrogens (tertiary/aromatic N) is 1. The van der Waals surface area contributed by atoms with Gasteiger partial charge in [0.05, 0.1) is 13.2 Å². The van der Waals surface area contributed by atoms with E-state index in [9.17, 15) is 0 Å². The molecule has 0 spiro atoms. The van der Waals surface area contributed by atoms with Crippen LogP contribution in [0.25, 0.3) is 0 Å². The van der Waals surface area contributed by atoms with Gasteiger partial charge < -0.3 is 15.0 Å². The maximum absolute atomic E-state index is 5.53. The standard InChI is InChI=1S/C14H28N2O/c1-11-4-6-16(9-12(11)2)13(3)8-14-10-17-7-5-15-14/h11-15H,4-10H2,1-3H3. The van der Waals surface area contributed by atoms with Crippen molar-refractivity contribution in [2.75, 3.05) is 32.8 Å². The summed E-state index contributed by atoms with van der Waals surface area (Å²) in [5, 5.41) is 3.56. The minimum atomic E-state index is 0.563. The molecule has 2 fully saturated rings. The van der Waals surface area contributed by atoms with Gasteiger partial charge in [-0.1, -0.05) is 13.8 Å². The summed E-state index contributed by atoms with van der Waals surface area (Å²) in [6.45, 7) is 12.5. The fourth-order valence-electron chi connectivity index (χ4n) is 3.03. The van der Waals surface area contributed by atoms with Gasteiger partial charge in [0.15, 0.2) is 0 Å². The van der Waals surface area contributed by atoms with E-state index in [0.29, 0.717) is 12.1 Å². The molecule has 0 amide bonds. The van der Waals surface area contributed by atoms with E-state index in [1.807, 2.05) is 0 Å². The van der Waals surface area contributed by atoms with Crippen LogP contribution >= 0.6 is 0 Å². The second-order valence-corrected chi connectivity index (χ2v) is 6.05. The highest BCUT2D eigenvalue weighted by Gasteiger charge is 2.27. The van der Waals surface area contributed by atoms with Crippen molar-refractivity contribution in [1.29, 1.82) is 0 Å². The molecule has 4 unspecified atom stereocenters. The SMILES string of the molecule is CC1CCN(C(C)CC2COCCN2)CC1C. The maximum Gasteiger partial charge on any atom is 0.0620 e. The van der Waals surface area contributed by atoms with Crippen molar-refractivity contribution < 1.29 is 4.74 Å². The number of morpholine rings is 1. The first-order valence-corrected chi connectivity index (χ1v) is 7.22. The molecule has 2 aliphatic rings. The Morgan fingerprint density at radius 1 is 1.35 bits per heavy atom. The zero-order valence-electron chi connectivity index (χ0n) is 11.6. The molecule has 2 rings (SSSR count). The summed E-state index contributed by atoms with van der Waals surface area (Å²) in [6.07, 6.45) is 2.58. The van der Waals surface area contributed by atoms with Crippen molar-refractivity contribution in [2.24, 2.45) is 11.8 Å². The van der Waals surface area contributed by atoms with Crippen LogP contribution in [0, 0.1) is 11.8 Å². The predicted molar refractivity (Wildman–Crippen MR) is 71.2 cm³/mol. The van der Waals surface area contributed by atoms with Gasteiger partial charge in [-0.15, -0.1) is 0 Å². The van der Waals surface area contributed by atoms with E-state index in [1.165, 1.54) is 25.9 Å². The first-order chi connectivity index (χ1) is 8.16. The van der Waals surface area contributed by atoms with Gasteiger partial charge >= 0.3 is 0 Å². The van der Waals surface area contributed by atoms with Crippen LogP contribution in [0.1, 0.15) is 33.6 Å². The van der Waals surface area contributed by atoms with E-state index in [2.05, 4.69) is 31.0 Å². The van der Waals surface area contributed by atoms with Crippen LogP contribution in [0.2, 0.25) is 0 Å². The van der Waals surface area contributed by atoms with Crippen LogP contribution in [0.5, 0.6) is 0 Å². The Hall–Kier alpha value is -0.120. The summed E-state index contributed by atoms with van der Waals surface area (Å²) in [7, 11) is 0. The third kappa shape index (κ3) is 3.67. The number of piperidine rings is 1. The highest BCUT2D eigenvalue weighted by molar-refractivity contribution is 4.82. The molecule has 0 bridgehead atoms. The lowest BCUT2D eigenvalue weighted by Gasteiger charge is -2.40. The van der Waals surface area contributed by atoms with Crippen molar-refractivity contribution in [1.82, 2.24) is 10.2 Å². The molecule has 0 aromatic carbocycles. The molecule has 1 N–H and O–H groups in total. The molecule has 3 heteroatoms. The van der Waals surface area contributed by atoms with Gasteiger partial charge in [-0.05, 0) is 38.1 Å². The summed E-state index contributed by atoms with van der Waals surface area (Å²) >= 11 is 0. The third-order valence-corrected chi connectivity index (χ3v) is 4.61. The molecule has 4 atom stereocenters. The Kier molecular flexibility index (Phi) is 4.83. The second kappa shape index (κ2) is 6.17. The number of hydrogen-bond acceptors (Lipinski definition) is 3. The number of nitrogens with one attached hydrogen (secondary N) is 1. The molecule has 0 aromatic rings. The van der Waals surface area contributed by atoms with E-state index in [0.717, 1.165) is 31.6 Å². The summed E-state index contributed by atoms with van der Waals surface area (Å²) in [6, 6.07) is 1.25. The highest BCUT2D eigenvalue weighted by Crippen LogP contribution is 2.25. The average Bonchev–Trinajstić information content (AvgIpc) is 2.34. The monoisotopic (exact) mass is 240 g/mol. The van der Waals surface area contributed by atoms with Crippen LogP contribution in [-0.4, -0.2) is 49.8 Å². The van der Waals surface area contributed by atoms with Crippen LogP contribution in [-0.2, 0) is 4.74 Å². The van der Waals surface area contributed by atoms with Gasteiger partial charge in [0.1, 0.15) is 0 Å². The molecule has 0 saturated carbocycles. The summed E-state index contributed by atoms with van der Waals surface area (Å²) < 4.78 is 5.53. The summed E-state index contributed by atoms with van der Waals surface area (Å²) in [5.74, 6) is 1.75. The lowest BCUT2D eigenvalue weighted by Crippen LogP contribution is -2.49. The number of ether oxygens (including phenoxy) is 1. The second-order valence-electron chi connectivity index (χ2n) is 6.05. The van der Waals surface area contributed by atoms with Gasteiger partial charge in [-0.3, -0.25) is 0 Å². The maximum atomic E-state index is 5.53. The van der Waals surface area contributed by atoms with E-state index < -0.39 is 0 Å². The number of likely N-dealkylation sites (tertiary alicyclic amines) is 1. The van der Waals surface area contributed by atoms with Crippen molar-refractivity contribution >= 4 is 0 Å². The van der Waals surface area contributed by atoms with Crippen LogP contribution < -0.4 is 5.32 Å². The zero-order valence-corrected chi connectivity index (χ0v) is 11.6. The lowest BCUT2D eigenvalue weighted by molar-refractivity contribution is 0.0493. The minimum Gasteiger partial charge on any atom is -0.379 e. The molecular formula is C14H28N2O. The normalized spacial score (nSPS) is 37.9. The van der Waals surface area contributed by atoms with Gasteiger partial charge in [0.2, 0.25) is 0 Å². The van der Waals surface area contributed by atoms with E-state index in [1.54, 1.807) is 0 Å². The van der Waals surface area contributed by atoms with Gasteiger partial charge in [-0.25, -0.2) is 0 Å². The lowest BCUT2D eigenvalue weighted by atomic mass is 9.87. The Balaban J connectivity index is 1.77. The molecule has 0 aliphatic carbocycles. The molecule has 2 aliphatic heterocycles. The first kappa shape index (κ1) is 13.3. The Morgan fingerprint density at radius 3 is 2.82 bits per heavy atom. The fraction of sp³-hybridized carbons (Fsp3) is 1.00. The van der Waals surface area contributed by atoms with Crippen LogP contribution in [0.4, 0.5) is 0 Å². The van der Waals surface area contributed by atoms with Crippen LogP contribution in [0.3, 0.4) is 0 Å². The van der Waals surface area contributed by atoms with Gasteiger partial charge in [0.25, 0.3) is 0 Å². The molecule has 2 heterocycles. The van der Waals surface area contributed by atoms with E-state index in [4.69, 9.17) is 4.74 Å². The van der Waals surface area contributed by atoms with Crippen molar-refractivity contribution in [3.63, 3.8) is 0 Å². The van der Waals surface area contributed by atoms with E-state index >= 15 is 0 Å². The molecule has 0 aromatic heterocycles. The Morgan fingerprint density at radius 2 is 2.18 bits per heavy atom. The average molecular weight is 240 g/mol.